The summed E-state index contributed by atoms with van der Waals surface area (Å²) in [5, 5.41) is 105. The maximum absolute atomic E-state index is 10.3. The minimum Gasteiger partial charge on any atom is -0.497 e. The normalized spacial score (nSPS) is 22.0. The molecule has 5 heterocycles. The van der Waals surface area contributed by atoms with Crippen molar-refractivity contribution in [2.24, 2.45) is 21.7 Å². The Morgan fingerprint density at radius 2 is 0.896 bits per heavy atom. The molecule has 0 spiro atoms. The number of benzene rings is 4. The molecule has 12 N–H and O–H groups in total. The van der Waals surface area contributed by atoms with Crippen molar-refractivity contribution in [1.29, 1.82) is 21.0 Å². The van der Waals surface area contributed by atoms with Crippen LogP contribution in [0.3, 0.4) is 0 Å². The van der Waals surface area contributed by atoms with E-state index in [2.05, 4.69) is 190 Å². The molecule has 115 heavy (non-hydrogen) atoms. The summed E-state index contributed by atoms with van der Waals surface area (Å²) in [7, 11) is 1.68. The van der Waals surface area contributed by atoms with Gasteiger partial charge in [0.15, 0.2) is 0 Å². The minimum atomic E-state index is -0.353. The molecule has 11 atom stereocenters. The quantitative estimate of drug-likeness (QED) is 0.0239. The van der Waals surface area contributed by atoms with Gasteiger partial charge in [0.25, 0.3) is 0 Å². The van der Waals surface area contributed by atoms with Crippen LogP contribution in [0.4, 0.5) is 47.1 Å². The lowest BCUT2D eigenvalue weighted by Crippen LogP contribution is -2.57. The molecule has 4 saturated carbocycles. The van der Waals surface area contributed by atoms with Gasteiger partial charge in [-0.1, -0.05) is 186 Å². The maximum atomic E-state index is 10.3. The molecule has 0 bridgehead atoms. The van der Waals surface area contributed by atoms with Gasteiger partial charge in [-0.25, -0.2) is 19.9 Å². The largest absolute Gasteiger partial charge is 0.497 e. The molecule has 1 saturated heterocycles. The molecule has 5 fully saturated rings. The average Bonchev–Trinajstić information content (AvgIpc) is 0.775. The highest BCUT2D eigenvalue weighted by atomic mass is 35.5. The molecule has 608 valence electrons. The Morgan fingerprint density at radius 3 is 1.27 bits per heavy atom. The third kappa shape index (κ3) is 22.3. The topological polar surface area (TPSA) is 388 Å². The standard InChI is InChI=1S/C27H38N6O2.C21H26ClN5O.2C20H25N5O/c1-27(2)15-21(9-12-24(27)34)31-25-20(16-28)17-29-26(32-25)30-18-23(33-13-5-4-6-14-33)19-7-10-22(35-3)11-8-19;1-20(2,14-6-5-7-15(22)8-14)12-25-19-24-11-13(10-23)18(27-19)26-16-9-17(28)21(16,3)4;2*1-13(14-7-5-4-6-8-14)11-22-19-23-12-15(10-21)18(25-19)24-16-9-17(26)20(16,2)3/h7-8,10-11,17,21,23-24,34H,4-6,9,12-15,18H2,1-3H3,(H2,29,30,31,32);5-8,11,16-17,28H,9,12H2,1-4H3,(H2,24,25,26,27);2*4-8,12-13,16-17,26H,9,11H2,1-3H3,(H2,22,23,24,25)/t21-,23?,24+;16-,17+;13-,16+,17-;13-,16-,17+/m1101/s1. The predicted octanol–water partition coefficient (Wildman–Crippen LogP) is 14.6. The Balaban J connectivity index is 0.000000163. The van der Waals surface area contributed by atoms with E-state index in [1.165, 1.54) is 54.5 Å². The third-order valence-electron chi connectivity index (χ3n) is 24.0. The van der Waals surface area contributed by atoms with Gasteiger partial charge in [0.05, 0.1) is 62.4 Å². The number of hydrogen-bond acceptors (Lipinski definition) is 26. The minimum absolute atomic E-state index is 0.0558. The second-order valence-electron chi connectivity index (χ2n) is 34.1. The van der Waals surface area contributed by atoms with Crippen molar-refractivity contribution in [3.8, 4) is 30.0 Å². The number of methoxy groups -OCH3 is 1. The summed E-state index contributed by atoms with van der Waals surface area (Å²) in [6.07, 6.45) is 12.9. The second-order valence-corrected chi connectivity index (χ2v) is 34.5. The molecule has 13 rings (SSSR count). The van der Waals surface area contributed by atoms with Gasteiger partial charge >= 0.3 is 0 Å². The van der Waals surface area contributed by atoms with Crippen molar-refractivity contribution in [3.63, 3.8) is 0 Å². The van der Waals surface area contributed by atoms with Crippen LogP contribution in [0.5, 0.6) is 5.75 Å². The number of aliphatic hydroxyl groups excluding tert-OH is 4. The van der Waals surface area contributed by atoms with Crippen LogP contribution in [-0.4, -0.2) is 160 Å². The molecule has 4 aromatic heterocycles. The first kappa shape index (κ1) is 86.8. The van der Waals surface area contributed by atoms with E-state index in [9.17, 15) is 41.5 Å². The van der Waals surface area contributed by atoms with Crippen LogP contribution in [0.15, 0.2) is 134 Å². The highest BCUT2D eigenvalue weighted by Crippen LogP contribution is 2.45. The number of hydrogen-bond donors (Lipinski definition) is 12. The van der Waals surface area contributed by atoms with E-state index in [-0.39, 0.29) is 81.7 Å². The molecule has 27 heteroatoms. The number of nitriles is 4. The molecule has 0 radical (unpaired) electrons. The average molecular weight is 1580 g/mol. The van der Waals surface area contributed by atoms with Gasteiger partial charge in [-0.05, 0) is 128 Å². The zero-order chi connectivity index (χ0) is 82.8. The van der Waals surface area contributed by atoms with Gasteiger partial charge in [-0.2, -0.15) is 41.0 Å². The van der Waals surface area contributed by atoms with Crippen LogP contribution in [0, 0.1) is 67.0 Å². The molecule has 1 unspecified atom stereocenters. The number of rotatable bonds is 26. The van der Waals surface area contributed by atoms with E-state index in [0.717, 1.165) is 43.7 Å². The second kappa shape index (κ2) is 38.7. The van der Waals surface area contributed by atoms with E-state index in [0.29, 0.717) is 132 Å². The lowest BCUT2D eigenvalue weighted by atomic mass is 9.64. The Kier molecular flexibility index (Phi) is 29.2. The first-order valence-corrected chi connectivity index (χ1v) is 40.3. The summed E-state index contributed by atoms with van der Waals surface area (Å²) >= 11 is 6.12. The predicted molar refractivity (Wildman–Crippen MR) is 453 cm³/mol. The van der Waals surface area contributed by atoms with Crippen molar-refractivity contribution in [3.05, 3.63) is 184 Å². The number of nitrogens with zero attached hydrogens (tertiary/aromatic N) is 13. The molecular weight excluding hydrogens is 1470 g/mol. The zero-order valence-electron chi connectivity index (χ0n) is 68.5. The fourth-order valence-electron chi connectivity index (χ4n) is 14.8. The molecular formula is C88H114ClN21O5. The summed E-state index contributed by atoms with van der Waals surface area (Å²) < 4.78 is 5.34. The lowest BCUT2D eigenvalue weighted by Gasteiger charge is -2.49. The maximum Gasteiger partial charge on any atom is 0.224 e. The Hall–Kier alpha value is -10.6. The van der Waals surface area contributed by atoms with Crippen molar-refractivity contribution in [2.75, 3.05) is 88.9 Å². The van der Waals surface area contributed by atoms with Gasteiger partial charge in [0.2, 0.25) is 23.8 Å². The highest BCUT2D eigenvalue weighted by Gasteiger charge is 2.50. The van der Waals surface area contributed by atoms with E-state index in [1.807, 2.05) is 114 Å². The number of piperidine rings is 1. The Morgan fingerprint density at radius 1 is 0.496 bits per heavy atom. The molecule has 5 aliphatic rings. The van der Waals surface area contributed by atoms with Crippen molar-refractivity contribution in [1.82, 2.24) is 44.8 Å². The number of anilines is 8. The van der Waals surface area contributed by atoms with Gasteiger partial charge in [0.1, 0.15) is 75.6 Å². The molecule has 8 aromatic rings. The first-order chi connectivity index (χ1) is 54.8. The molecule has 4 aromatic carbocycles. The van der Waals surface area contributed by atoms with Crippen LogP contribution < -0.4 is 47.3 Å². The van der Waals surface area contributed by atoms with Crippen LogP contribution in [-0.2, 0) is 5.41 Å². The summed E-state index contributed by atoms with van der Waals surface area (Å²) in [4.78, 5) is 37.9. The summed E-state index contributed by atoms with van der Waals surface area (Å²) in [5.74, 6) is 5.51. The van der Waals surface area contributed by atoms with Crippen LogP contribution in [0.25, 0.3) is 0 Å². The smallest absolute Gasteiger partial charge is 0.224 e. The van der Waals surface area contributed by atoms with E-state index >= 15 is 0 Å². The highest BCUT2D eigenvalue weighted by molar-refractivity contribution is 6.30. The molecule has 1 aliphatic heterocycles. The molecule has 26 nitrogen and oxygen atoms in total. The summed E-state index contributed by atoms with van der Waals surface area (Å²) in [5.41, 5.74) is 5.37. The van der Waals surface area contributed by atoms with E-state index in [1.54, 1.807) is 13.3 Å². The van der Waals surface area contributed by atoms with Gasteiger partial charge in [-0.3, -0.25) is 4.90 Å². The number of aliphatic hydroxyl groups is 4. The van der Waals surface area contributed by atoms with Crippen LogP contribution in [0.1, 0.15) is 203 Å². The van der Waals surface area contributed by atoms with Crippen molar-refractivity contribution < 1.29 is 25.2 Å². The van der Waals surface area contributed by atoms with Crippen LogP contribution >= 0.6 is 11.6 Å². The Labute approximate surface area is 682 Å². The van der Waals surface area contributed by atoms with Gasteiger partial charge in [0, 0.05) is 77.0 Å². The third-order valence-corrected chi connectivity index (χ3v) is 24.2. The molecule has 0 amide bonds. The number of likely N-dealkylation sites (tertiary alicyclic amines) is 1. The van der Waals surface area contributed by atoms with Crippen molar-refractivity contribution >= 4 is 58.7 Å². The number of halogens is 1. The lowest BCUT2D eigenvalue weighted by molar-refractivity contribution is -0.0512. The van der Waals surface area contributed by atoms with Crippen LogP contribution in [0.2, 0.25) is 5.02 Å². The van der Waals surface area contributed by atoms with E-state index < -0.39 is 0 Å². The summed E-state index contributed by atoms with van der Waals surface area (Å²) in [6.45, 7) is 29.5. The zero-order valence-corrected chi connectivity index (χ0v) is 69.3. The summed E-state index contributed by atoms with van der Waals surface area (Å²) in [6, 6.07) is 45.8. The first-order valence-electron chi connectivity index (χ1n) is 39.9. The van der Waals surface area contributed by atoms with Crippen molar-refractivity contribution in [2.45, 2.75) is 213 Å². The number of nitrogens with one attached hydrogen (secondary N) is 8. The monoisotopic (exact) mass is 1580 g/mol. The van der Waals surface area contributed by atoms with Gasteiger partial charge < -0.3 is 67.7 Å². The fraction of sp³-hybridized carbons (Fsp3) is 0.500. The molecule has 4 aliphatic carbocycles. The number of aromatic nitrogens is 8. The fourth-order valence-corrected chi connectivity index (χ4v) is 15.0. The van der Waals surface area contributed by atoms with Gasteiger partial charge in [-0.15, -0.1) is 0 Å². The SMILES string of the molecule is CC(C)(CNc1ncc(C#N)c(N[C@@H]2C[C@H](O)C2(C)C)n1)c1cccc(Cl)c1.COc1ccc(C(CNc2ncc(C#N)c(N[C@@H]3CC[C@H](O)C(C)(C)C3)n2)N2CCCCC2)cc1.C[C@@H](CNc1ncc(C#N)c(N[C@@H]2C[C@H](O)C2(C)C)n1)c1ccccc1.C[C@H](CNc1ncc(C#N)c(N[C@@H]2C[C@H](O)C2(C)C)n1)c1ccccc1. The Bertz CT molecular complexity index is 4560. The van der Waals surface area contributed by atoms with E-state index in [4.69, 9.17) is 16.3 Å². The number of ether oxygens (including phenoxy) is 1.